The van der Waals surface area contributed by atoms with E-state index in [-0.39, 0.29) is 11.3 Å². The van der Waals surface area contributed by atoms with E-state index in [0.717, 1.165) is 28.6 Å². The second kappa shape index (κ2) is 2.52. The molecule has 1 aliphatic heterocycles. The Morgan fingerprint density at radius 2 is 2.14 bits per heavy atom. The van der Waals surface area contributed by atoms with Crippen molar-refractivity contribution < 1.29 is 4.79 Å². The predicted octanol–water partition coefficient (Wildman–Crippen LogP) is 3.09. The summed E-state index contributed by atoms with van der Waals surface area (Å²) in [6.45, 7) is 0. The zero-order valence-electron chi connectivity index (χ0n) is 7.23. The van der Waals surface area contributed by atoms with Crippen LogP contribution in [0.2, 0.25) is 5.02 Å². The SMILES string of the molecule is O=C1Nc2c(Br)cc(Cl)cc2C12CC2. The van der Waals surface area contributed by atoms with Crippen molar-refractivity contribution in [2.75, 3.05) is 5.32 Å². The molecule has 1 heterocycles. The fourth-order valence-corrected chi connectivity index (χ4v) is 2.96. The van der Waals surface area contributed by atoms with Crippen LogP contribution in [0.3, 0.4) is 0 Å². The van der Waals surface area contributed by atoms with Gasteiger partial charge in [0.05, 0.1) is 11.1 Å². The molecule has 0 saturated heterocycles. The standard InChI is InChI=1S/C10H7BrClNO/c11-7-4-5(12)3-6-8(7)13-9(14)10(6)1-2-10/h3-4H,1-2H2,(H,13,14). The van der Waals surface area contributed by atoms with Gasteiger partial charge in [0.2, 0.25) is 5.91 Å². The van der Waals surface area contributed by atoms with E-state index in [4.69, 9.17) is 11.6 Å². The van der Waals surface area contributed by atoms with Crippen LogP contribution in [0.25, 0.3) is 0 Å². The smallest absolute Gasteiger partial charge is 0.235 e. The molecule has 3 rings (SSSR count). The summed E-state index contributed by atoms with van der Waals surface area (Å²) in [6.07, 6.45) is 1.89. The van der Waals surface area contributed by atoms with Crippen LogP contribution < -0.4 is 5.32 Å². The van der Waals surface area contributed by atoms with E-state index in [1.807, 2.05) is 12.1 Å². The van der Waals surface area contributed by atoms with Gasteiger partial charge in [0.25, 0.3) is 0 Å². The maximum atomic E-state index is 11.7. The molecular weight excluding hydrogens is 265 g/mol. The van der Waals surface area contributed by atoms with Crippen molar-refractivity contribution >= 4 is 39.1 Å². The molecule has 4 heteroatoms. The van der Waals surface area contributed by atoms with Crippen molar-refractivity contribution in [3.63, 3.8) is 0 Å². The second-order valence-corrected chi connectivity index (χ2v) is 5.14. The zero-order valence-corrected chi connectivity index (χ0v) is 9.58. The summed E-state index contributed by atoms with van der Waals surface area (Å²) in [5, 5.41) is 3.58. The largest absolute Gasteiger partial charge is 0.324 e. The van der Waals surface area contributed by atoms with Gasteiger partial charge in [-0.3, -0.25) is 4.79 Å². The van der Waals surface area contributed by atoms with Gasteiger partial charge in [-0.25, -0.2) is 0 Å². The molecular formula is C10H7BrClNO. The van der Waals surface area contributed by atoms with Crippen molar-refractivity contribution in [2.45, 2.75) is 18.3 Å². The van der Waals surface area contributed by atoms with E-state index >= 15 is 0 Å². The molecule has 0 bridgehead atoms. The van der Waals surface area contributed by atoms with E-state index < -0.39 is 0 Å². The molecule has 1 aromatic rings. The van der Waals surface area contributed by atoms with E-state index in [2.05, 4.69) is 21.2 Å². The predicted molar refractivity (Wildman–Crippen MR) is 58.7 cm³/mol. The van der Waals surface area contributed by atoms with Crippen LogP contribution in [0.5, 0.6) is 0 Å². The number of fused-ring (bicyclic) bond motifs is 2. The maximum absolute atomic E-state index is 11.7. The topological polar surface area (TPSA) is 29.1 Å². The normalized spacial score (nSPS) is 20.9. The molecule has 2 aliphatic rings. The Bertz CT molecular complexity index is 454. The zero-order chi connectivity index (χ0) is 9.92. The number of halogens is 2. The number of nitrogens with one attached hydrogen (secondary N) is 1. The minimum atomic E-state index is -0.247. The molecule has 1 spiro atoms. The molecule has 72 valence electrons. The summed E-state index contributed by atoms with van der Waals surface area (Å²) < 4.78 is 0.872. The van der Waals surface area contributed by atoms with Crippen LogP contribution in [0.15, 0.2) is 16.6 Å². The van der Waals surface area contributed by atoms with E-state index in [1.54, 1.807) is 0 Å². The molecule has 1 amide bonds. The van der Waals surface area contributed by atoms with Gasteiger partial charge in [-0.05, 0) is 46.5 Å². The van der Waals surface area contributed by atoms with Gasteiger partial charge in [0.15, 0.2) is 0 Å². The molecule has 1 N–H and O–H groups in total. The third kappa shape index (κ3) is 0.943. The Morgan fingerprint density at radius 3 is 2.79 bits per heavy atom. The molecule has 0 aromatic heterocycles. The molecule has 1 fully saturated rings. The summed E-state index contributed by atoms with van der Waals surface area (Å²) in [7, 11) is 0. The first-order chi connectivity index (χ1) is 6.63. The number of carbonyl (C=O) groups is 1. The quantitative estimate of drug-likeness (QED) is 0.772. The summed E-state index contributed by atoms with van der Waals surface area (Å²) in [5.74, 6) is 0.121. The summed E-state index contributed by atoms with van der Waals surface area (Å²) in [6, 6.07) is 3.70. The minimum Gasteiger partial charge on any atom is -0.324 e. The number of hydrogen-bond acceptors (Lipinski definition) is 1. The third-order valence-corrected chi connectivity index (χ3v) is 3.84. The lowest BCUT2D eigenvalue weighted by molar-refractivity contribution is -0.117. The Hall–Kier alpha value is -0.540. The lowest BCUT2D eigenvalue weighted by Gasteiger charge is -2.05. The summed E-state index contributed by atoms with van der Waals surface area (Å²) in [4.78, 5) is 11.7. The van der Waals surface area contributed by atoms with Crippen molar-refractivity contribution in [3.05, 3.63) is 27.2 Å². The number of benzene rings is 1. The van der Waals surface area contributed by atoms with Crippen LogP contribution in [0.1, 0.15) is 18.4 Å². The Balaban J connectivity index is 2.28. The molecule has 2 nitrogen and oxygen atoms in total. The van der Waals surface area contributed by atoms with Gasteiger partial charge in [-0.2, -0.15) is 0 Å². The van der Waals surface area contributed by atoms with Gasteiger partial charge in [0.1, 0.15) is 0 Å². The highest BCUT2D eigenvalue weighted by atomic mass is 79.9. The maximum Gasteiger partial charge on any atom is 0.235 e. The first-order valence-corrected chi connectivity index (χ1v) is 5.61. The lowest BCUT2D eigenvalue weighted by atomic mass is 9.98. The van der Waals surface area contributed by atoms with Gasteiger partial charge in [0, 0.05) is 9.50 Å². The first kappa shape index (κ1) is 8.74. The summed E-state index contributed by atoms with van der Waals surface area (Å²) in [5.41, 5.74) is 1.71. The summed E-state index contributed by atoms with van der Waals surface area (Å²) >= 11 is 9.37. The molecule has 1 aliphatic carbocycles. The second-order valence-electron chi connectivity index (χ2n) is 3.85. The van der Waals surface area contributed by atoms with E-state index in [9.17, 15) is 4.79 Å². The number of carbonyl (C=O) groups excluding carboxylic acids is 1. The average Bonchev–Trinajstić information content (AvgIpc) is 2.84. The minimum absolute atomic E-state index is 0.121. The Labute approximate surface area is 94.8 Å². The highest BCUT2D eigenvalue weighted by Crippen LogP contribution is 2.57. The number of hydrogen-bond donors (Lipinski definition) is 1. The monoisotopic (exact) mass is 271 g/mol. The van der Waals surface area contributed by atoms with Crippen LogP contribution in [0, 0.1) is 0 Å². The van der Waals surface area contributed by atoms with Gasteiger partial charge < -0.3 is 5.32 Å². The lowest BCUT2D eigenvalue weighted by Crippen LogP contribution is -2.18. The fourth-order valence-electron chi connectivity index (χ4n) is 2.05. The van der Waals surface area contributed by atoms with E-state index in [1.165, 1.54) is 0 Å². The van der Waals surface area contributed by atoms with Crippen LogP contribution in [-0.4, -0.2) is 5.91 Å². The molecule has 0 atom stereocenters. The van der Waals surface area contributed by atoms with Crippen molar-refractivity contribution in [1.29, 1.82) is 0 Å². The fraction of sp³-hybridized carbons (Fsp3) is 0.300. The Kier molecular flexibility index (Phi) is 1.58. The molecule has 0 radical (unpaired) electrons. The molecule has 0 unspecified atom stereocenters. The van der Waals surface area contributed by atoms with Crippen molar-refractivity contribution in [2.24, 2.45) is 0 Å². The van der Waals surface area contributed by atoms with Crippen LogP contribution in [-0.2, 0) is 10.2 Å². The third-order valence-electron chi connectivity index (χ3n) is 2.99. The van der Waals surface area contributed by atoms with Gasteiger partial charge in [-0.15, -0.1) is 0 Å². The Morgan fingerprint density at radius 1 is 1.43 bits per heavy atom. The van der Waals surface area contributed by atoms with Crippen LogP contribution in [0.4, 0.5) is 5.69 Å². The first-order valence-electron chi connectivity index (χ1n) is 4.44. The highest BCUT2D eigenvalue weighted by Gasteiger charge is 2.56. The average molecular weight is 273 g/mol. The molecule has 14 heavy (non-hydrogen) atoms. The number of rotatable bonds is 0. The van der Waals surface area contributed by atoms with Gasteiger partial charge in [-0.1, -0.05) is 11.6 Å². The van der Waals surface area contributed by atoms with E-state index in [0.29, 0.717) is 5.02 Å². The highest BCUT2D eigenvalue weighted by molar-refractivity contribution is 9.10. The van der Waals surface area contributed by atoms with Crippen molar-refractivity contribution in [1.82, 2.24) is 0 Å². The van der Waals surface area contributed by atoms with Crippen molar-refractivity contribution in [3.8, 4) is 0 Å². The van der Waals surface area contributed by atoms with Crippen LogP contribution >= 0.6 is 27.5 Å². The van der Waals surface area contributed by atoms with Gasteiger partial charge >= 0.3 is 0 Å². The number of amides is 1. The number of anilines is 1. The molecule has 1 saturated carbocycles. The molecule has 1 aromatic carbocycles.